The summed E-state index contributed by atoms with van der Waals surface area (Å²) in [5.74, 6) is 1.36. The second-order valence-corrected chi connectivity index (χ2v) is 10.3. The summed E-state index contributed by atoms with van der Waals surface area (Å²) < 4.78 is 17.7. The van der Waals surface area contributed by atoms with E-state index in [1.165, 1.54) is 26.0 Å². The van der Waals surface area contributed by atoms with E-state index < -0.39 is 5.25 Å². The molecule has 1 aromatic heterocycles. The summed E-state index contributed by atoms with van der Waals surface area (Å²) in [5, 5.41) is 3.95. The van der Waals surface area contributed by atoms with E-state index in [0.717, 1.165) is 5.56 Å². The van der Waals surface area contributed by atoms with E-state index in [1.807, 2.05) is 43.3 Å². The van der Waals surface area contributed by atoms with E-state index in [-0.39, 0.29) is 11.5 Å². The molecule has 4 aromatic rings. The van der Waals surface area contributed by atoms with Gasteiger partial charge in [0.25, 0.3) is 5.56 Å². The number of carbonyl (C=O) groups is 1. The molecule has 10 heteroatoms. The Kier molecular flexibility index (Phi) is 9.37. The predicted octanol–water partition coefficient (Wildman–Crippen LogP) is 5.83. The normalized spacial score (nSPS) is 11.7. The van der Waals surface area contributed by atoms with E-state index >= 15 is 0 Å². The van der Waals surface area contributed by atoms with Gasteiger partial charge < -0.3 is 19.5 Å². The van der Waals surface area contributed by atoms with Gasteiger partial charge in [0, 0.05) is 29.4 Å². The fourth-order valence-electron chi connectivity index (χ4n) is 4.08. The van der Waals surface area contributed by atoms with Gasteiger partial charge in [-0.1, -0.05) is 48.5 Å². The molecule has 1 atom stereocenters. The van der Waals surface area contributed by atoms with Crippen LogP contribution in [0.25, 0.3) is 10.9 Å². The topological polar surface area (TPSA) is 91.7 Å². The molecule has 0 spiro atoms. The molecule has 0 fully saturated rings. The second-order valence-electron chi connectivity index (χ2n) is 8.69. The number of aryl methyl sites for hydroxylation is 1. The molecule has 0 aliphatic rings. The number of amides is 1. The lowest BCUT2D eigenvalue weighted by Gasteiger charge is -2.19. The van der Waals surface area contributed by atoms with Crippen molar-refractivity contribution in [3.63, 3.8) is 0 Å². The minimum Gasteiger partial charge on any atom is -0.497 e. The molecule has 0 bridgehead atoms. The molecule has 39 heavy (non-hydrogen) atoms. The number of aromatic nitrogens is 2. The minimum absolute atomic E-state index is 0.193. The number of thioether (sulfide) groups is 1. The van der Waals surface area contributed by atoms with Crippen molar-refractivity contribution in [3.8, 4) is 17.2 Å². The third-order valence-corrected chi connectivity index (χ3v) is 7.82. The zero-order chi connectivity index (χ0) is 27.9. The Bertz CT molecular complexity index is 1520. The van der Waals surface area contributed by atoms with Crippen LogP contribution in [0.3, 0.4) is 0 Å². The maximum absolute atomic E-state index is 13.8. The number of rotatable bonds is 11. The molecule has 4 rings (SSSR count). The quantitative estimate of drug-likeness (QED) is 0.180. The molecular formula is C29H30ClN3O5S. The third-order valence-electron chi connectivity index (χ3n) is 6.21. The Morgan fingerprint density at radius 2 is 1.74 bits per heavy atom. The lowest BCUT2D eigenvalue weighted by molar-refractivity contribution is -0.115. The summed E-state index contributed by atoms with van der Waals surface area (Å²) in [4.78, 5) is 31.9. The number of benzene rings is 3. The molecular weight excluding hydrogens is 538 g/mol. The minimum atomic E-state index is -0.498. The Hall–Kier alpha value is -3.69. The Morgan fingerprint density at radius 1 is 1.03 bits per heavy atom. The zero-order valence-corrected chi connectivity index (χ0v) is 23.8. The molecule has 204 valence electrons. The van der Waals surface area contributed by atoms with E-state index in [1.54, 1.807) is 35.9 Å². The number of anilines is 1. The summed E-state index contributed by atoms with van der Waals surface area (Å²) in [6.07, 6.45) is 1.11. The van der Waals surface area contributed by atoms with Crippen molar-refractivity contribution >= 4 is 45.9 Å². The predicted molar refractivity (Wildman–Crippen MR) is 156 cm³/mol. The fraction of sp³-hybridized carbons (Fsp3) is 0.276. The highest BCUT2D eigenvalue weighted by atomic mass is 35.5. The maximum Gasteiger partial charge on any atom is 0.262 e. The van der Waals surface area contributed by atoms with Gasteiger partial charge in [-0.15, -0.1) is 0 Å². The zero-order valence-electron chi connectivity index (χ0n) is 22.2. The first-order valence-electron chi connectivity index (χ1n) is 12.4. The van der Waals surface area contributed by atoms with Crippen molar-refractivity contribution in [3.05, 3.63) is 81.6 Å². The van der Waals surface area contributed by atoms with Crippen LogP contribution in [0.4, 0.5) is 5.69 Å². The number of carbonyl (C=O) groups excluding carboxylic acids is 1. The van der Waals surface area contributed by atoms with Crippen molar-refractivity contribution in [2.24, 2.45) is 0 Å². The van der Waals surface area contributed by atoms with Crippen molar-refractivity contribution in [1.82, 2.24) is 9.55 Å². The van der Waals surface area contributed by atoms with Gasteiger partial charge in [-0.25, -0.2) is 4.98 Å². The smallest absolute Gasteiger partial charge is 0.262 e. The molecule has 0 saturated heterocycles. The average molecular weight is 568 g/mol. The molecule has 0 unspecified atom stereocenters. The van der Waals surface area contributed by atoms with Crippen LogP contribution in [0.15, 0.2) is 70.6 Å². The van der Waals surface area contributed by atoms with E-state index in [0.29, 0.717) is 63.4 Å². The lowest BCUT2D eigenvalue weighted by atomic mass is 10.1. The lowest BCUT2D eigenvalue weighted by Crippen LogP contribution is -2.28. The van der Waals surface area contributed by atoms with Gasteiger partial charge in [0.2, 0.25) is 5.91 Å². The van der Waals surface area contributed by atoms with Crippen LogP contribution in [0, 0.1) is 0 Å². The van der Waals surface area contributed by atoms with Gasteiger partial charge in [0.05, 0.1) is 37.5 Å². The van der Waals surface area contributed by atoms with Gasteiger partial charge in [0.15, 0.2) is 16.7 Å². The van der Waals surface area contributed by atoms with Crippen molar-refractivity contribution in [1.29, 1.82) is 0 Å². The highest BCUT2D eigenvalue weighted by Gasteiger charge is 2.23. The van der Waals surface area contributed by atoms with Crippen LogP contribution in [0.1, 0.15) is 18.9 Å². The highest BCUT2D eigenvalue weighted by molar-refractivity contribution is 8.00. The van der Waals surface area contributed by atoms with Gasteiger partial charge in [-0.05, 0) is 48.7 Å². The van der Waals surface area contributed by atoms with Gasteiger partial charge >= 0.3 is 0 Å². The number of methoxy groups -OCH3 is 3. The summed E-state index contributed by atoms with van der Waals surface area (Å²) in [6.45, 7) is 2.29. The number of ether oxygens (including phenoxy) is 3. The fourth-order valence-corrected chi connectivity index (χ4v) is 5.25. The number of halogens is 1. The number of fused-ring (bicyclic) bond motifs is 1. The number of hydrogen-bond acceptors (Lipinski definition) is 7. The molecule has 1 heterocycles. The van der Waals surface area contributed by atoms with Crippen molar-refractivity contribution in [2.75, 3.05) is 26.6 Å². The standard InChI is InChI=1S/C29H30ClN3O5S/c1-5-26(27(34)31-20-7-6-8-21(15-20)36-2)39-29-32-23-17-25(38-4)24(37-3)16-22(23)28(35)33(29)14-13-18-9-11-19(30)12-10-18/h6-12,15-17,26H,5,13-14H2,1-4H3,(H,31,34)/t26-/m0/s1. The Labute approximate surface area is 236 Å². The molecule has 0 aliphatic heterocycles. The summed E-state index contributed by atoms with van der Waals surface area (Å²) in [5.41, 5.74) is 1.89. The molecule has 0 radical (unpaired) electrons. The van der Waals surface area contributed by atoms with E-state index in [2.05, 4.69) is 5.32 Å². The van der Waals surface area contributed by atoms with Crippen LogP contribution in [-0.2, 0) is 17.8 Å². The second kappa shape index (κ2) is 12.9. The SMILES string of the molecule is CC[C@H](Sc1nc2cc(OC)c(OC)cc2c(=O)n1CCc1ccc(Cl)cc1)C(=O)Nc1cccc(OC)c1. The first-order valence-corrected chi connectivity index (χ1v) is 13.6. The third kappa shape index (κ3) is 6.66. The summed E-state index contributed by atoms with van der Waals surface area (Å²) in [6, 6.07) is 18.0. The average Bonchev–Trinajstić information content (AvgIpc) is 2.95. The maximum atomic E-state index is 13.8. The molecule has 0 saturated carbocycles. The molecule has 1 N–H and O–H groups in total. The molecule has 1 amide bonds. The van der Waals surface area contributed by atoms with Crippen molar-refractivity contribution in [2.45, 2.75) is 36.7 Å². The van der Waals surface area contributed by atoms with Crippen molar-refractivity contribution < 1.29 is 19.0 Å². The number of nitrogens with zero attached hydrogens (tertiary/aromatic N) is 2. The van der Waals surface area contributed by atoms with Crippen LogP contribution in [-0.4, -0.2) is 42.0 Å². The number of hydrogen-bond donors (Lipinski definition) is 1. The highest BCUT2D eigenvalue weighted by Crippen LogP contribution is 2.32. The summed E-state index contributed by atoms with van der Waals surface area (Å²) in [7, 11) is 4.63. The molecule has 8 nitrogen and oxygen atoms in total. The van der Waals surface area contributed by atoms with Crippen LogP contribution in [0.5, 0.6) is 17.2 Å². The first kappa shape index (κ1) is 28.3. The van der Waals surface area contributed by atoms with Gasteiger partial charge in [0.1, 0.15) is 5.75 Å². The Morgan fingerprint density at radius 3 is 2.41 bits per heavy atom. The van der Waals surface area contributed by atoms with Gasteiger partial charge in [-0.2, -0.15) is 0 Å². The summed E-state index contributed by atoms with van der Waals surface area (Å²) >= 11 is 7.30. The molecule has 0 aliphatic carbocycles. The first-order chi connectivity index (χ1) is 18.9. The Balaban J connectivity index is 1.71. The van der Waals surface area contributed by atoms with Crippen LogP contribution >= 0.6 is 23.4 Å². The monoisotopic (exact) mass is 567 g/mol. The van der Waals surface area contributed by atoms with E-state index in [9.17, 15) is 9.59 Å². The largest absolute Gasteiger partial charge is 0.497 e. The molecule has 3 aromatic carbocycles. The van der Waals surface area contributed by atoms with Gasteiger partial charge in [-0.3, -0.25) is 14.2 Å². The van der Waals surface area contributed by atoms with Crippen LogP contribution < -0.4 is 25.1 Å². The van der Waals surface area contributed by atoms with Crippen LogP contribution in [0.2, 0.25) is 5.02 Å². The number of nitrogens with one attached hydrogen (secondary N) is 1. The van der Waals surface area contributed by atoms with E-state index in [4.69, 9.17) is 30.8 Å².